The van der Waals surface area contributed by atoms with Crippen molar-refractivity contribution in [2.45, 2.75) is 6.42 Å². The second-order valence-corrected chi connectivity index (χ2v) is 6.14. The molecule has 1 aliphatic rings. The molecule has 0 spiro atoms. The van der Waals surface area contributed by atoms with E-state index in [0.29, 0.717) is 13.0 Å². The lowest BCUT2D eigenvalue weighted by molar-refractivity contribution is -0.124. The van der Waals surface area contributed by atoms with Crippen molar-refractivity contribution < 1.29 is 14.4 Å². The largest absolute Gasteiger partial charge is 0.388 e. The molecule has 1 saturated heterocycles. The van der Waals surface area contributed by atoms with Gasteiger partial charge in [0.15, 0.2) is 0 Å². The van der Waals surface area contributed by atoms with Crippen LogP contribution in [0.15, 0.2) is 42.1 Å². The van der Waals surface area contributed by atoms with Crippen LogP contribution in [0.4, 0.5) is 4.79 Å². The van der Waals surface area contributed by atoms with E-state index >= 15 is 0 Å². The fraction of sp³-hybridized carbons (Fsp3) is 0.294. The molecule has 2 N–H and O–H groups in total. The minimum absolute atomic E-state index is 0.0542. The Bertz CT molecular complexity index is 696. The summed E-state index contributed by atoms with van der Waals surface area (Å²) in [4.78, 5) is 36.0. The molecule has 1 aromatic carbocycles. The maximum Gasteiger partial charge on any atom is 0.288 e. The Balaban J connectivity index is 1.73. The van der Waals surface area contributed by atoms with Crippen molar-refractivity contribution in [3.63, 3.8) is 0 Å². The van der Waals surface area contributed by atoms with Crippen LogP contribution in [0.2, 0.25) is 0 Å². The van der Waals surface area contributed by atoms with Gasteiger partial charge in [-0.3, -0.25) is 19.3 Å². The van der Waals surface area contributed by atoms with Gasteiger partial charge in [-0.05, 0) is 12.0 Å². The van der Waals surface area contributed by atoms with Crippen molar-refractivity contribution in [3.05, 3.63) is 47.7 Å². The van der Waals surface area contributed by atoms with Crippen molar-refractivity contribution >= 4 is 28.8 Å². The summed E-state index contributed by atoms with van der Waals surface area (Å²) >= 11 is 0.972. The molecular formula is C17H18N4O3S. The van der Waals surface area contributed by atoms with Gasteiger partial charge in [0.2, 0.25) is 5.91 Å². The summed E-state index contributed by atoms with van der Waals surface area (Å²) < 4.78 is 0. The summed E-state index contributed by atoms with van der Waals surface area (Å²) in [5.41, 5.74) is 1.04. The van der Waals surface area contributed by atoms with E-state index in [1.165, 1.54) is 6.20 Å². The number of carbonyl (C=O) groups excluding carboxylic acids is 3. The number of carbonyl (C=O) groups is 3. The number of hydrogen-bond donors (Lipinski definition) is 2. The number of rotatable bonds is 8. The van der Waals surface area contributed by atoms with Gasteiger partial charge in [0.1, 0.15) is 11.6 Å². The zero-order chi connectivity index (χ0) is 18.1. The first-order valence-corrected chi connectivity index (χ1v) is 8.73. The third-order valence-corrected chi connectivity index (χ3v) is 4.33. The zero-order valence-electron chi connectivity index (χ0n) is 13.5. The highest BCUT2D eigenvalue weighted by molar-refractivity contribution is 8.14. The molecule has 2 rings (SSSR count). The topological polar surface area (TPSA) is 102 Å². The van der Waals surface area contributed by atoms with Gasteiger partial charge >= 0.3 is 0 Å². The molecule has 25 heavy (non-hydrogen) atoms. The predicted octanol–water partition coefficient (Wildman–Crippen LogP) is 1.04. The number of amides is 3. The third kappa shape index (κ3) is 5.65. The van der Waals surface area contributed by atoms with E-state index in [0.717, 1.165) is 22.2 Å². The van der Waals surface area contributed by atoms with Crippen LogP contribution in [-0.2, 0) is 16.0 Å². The molecule has 0 unspecified atom stereocenters. The van der Waals surface area contributed by atoms with Gasteiger partial charge in [0, 0.05) is 25.8 Å². The van der Waals surface area contributed by atoms with E-state index in [9.17, 15) is 14.4 Å². The zero-order valence-corrected chi connectivity index (χ0v) is 14.3. The average molecular weight is 358 g/mol. The molecule has 0 aliphatic carbocycles. The molecule has 7 nitrogen and oxygen atoms in total. The molecule has 8 heteroatoms. The molecule has 1 aliphatic heterocycles. The maximum atomic E-state index is 12.0. The summed E-state index contributed by atoms with van der Waals surface area (Å²) in [7, 11) is 0. The first kappa shape index (κ1) is 18.5. The van der Waals surface area contributed by atoms with Gasteiger partial charge in [0.05, 0.1) is 5.75 Å². The van der Waals surface area contributed by atoms with Crippen molar-refractivity contribution in [1.82, 2.24) is 15.5 Å². The van der Waals surface area contributed by atoms with E-state index < -0.39 is 5.91 Å². The van der Waals surface area contributed by atoms with E-state index in [1.807, 2.05) is 36.4 Å². The highest BCUT2D eigenvalue weighted by Gasteiger charge is 2.28. The second kappa shape index (κ2) is 9.49. The fourth-order valence-corrected chi connectivity index (χ4v) is 2.91. The smallest absolute Gasteiger partial charge is 0.288 e. The van der Waals surface area contributed by atoms with Gasteiger partial charge in [-0.25, -0.2) is 0 Å². The van der Waals surface area contributed by atoms with Crippen molar-refractivity contribution in [2.75, 3.05) is 25.4 Å². The fourth-order valence-electron chi connectivity index (χ4n) is 2.16. The average Bonchev–Trinajstić information content (AvgIpc) is 2.94. The first-order chi connectivity index (χ1) is 12.1. The molecular weight excluding hydrogens is 340 g/mol. The van der Waals surface area contributed by atoms with E-state index in [-0.39, 0.29) is 35.6 Å². The Hall–Kier alpha value is -2.79. The molecule has 3 amide bonds. The SMILES string of the molecule is N#C/C(=C/NCCN1C(=O)CSC1=O)C(=O)NCCc1ccccc1. The molecule has 1 heterocycles. The number of nitrogens with one attached hydrogen (secondary N) is 2. The van der Waals surface area contributed by atoms with Crippen LogP contribution < -0.4 is 10.6 Å². The van der Waals surface area contributed by atoms with Crippen molar-refractivity contribution in [2.24, 2.45) is 0 Å². The Morgan fingerprint density at radius 1 is 1.28 bits per heavy atom. The van der Waals surface area contributed by atoms with Crippen LogP contribution in [-0.4, -0.2) is 47.3 Å². The van der Waals surface area contributed by atoms with Crippen LogP contribution >= 0.6 is 11.8 Å². The molecule has 0 saturated carbocycles. The molecule has 1 fully saturated rings. The molecule has 0 atom stereocenters. The predicted molar refractivity (Wildman–Crippen MR) is 94.4 cm³/mol. The van der Waals surface area contributed by atoms with Crippen LogP contribution in [0.5, 0.6) is 0 Å². The van der Waals surface area contributed by atoms with Gasteiger partial charge in [0.25, 0.3) is 11.1 Å². The number of imide groups is 1. The maximum absolute atomic E-state index is 12.0. The highest BCUT2D eigenvalue weighted by atomic mass is 32.2. The van der Waals surface area contributed by atoms with Crippen LogP contribution in [0.1, 0.15) is 5.56 Å². The second-order valence-electron chi connectivity index (χ2n) is 5.22. The summed E-state index contributed by atoms with van der Waals surface area (Å²) in [5, 5.41) is 14.3. The normalized spacial score (nSPS) is 14.4. The van der Waals surface area contributed by atoms with Gasteiger partial charge < -0.3 is 10.6 Å². The Kier molecular flexibility index (Phi) is 7.04. The number of nitrogens with zero attached hydrogens (tertiary/aromatic N) is 2. The van der Waals surface area contributed by atoms with Crippen molar-refractivity contribution in [3.8, 4) is 6.07 Å². The van der Waals surface area contributed by atoms with E-state index in [1.54, 1.807) is 0 Å². The Morgan fingerprint density at radius 3 is 2.68 bits per heavy atom. The number of hydrogen-bond acceptors (Lipinski definition) is 6. The van der Waals surface area contributed by atoms with Gasteiger partial charge in [-0.15, -0.1) is 0 Å². The minimum atomic E-state index is -0.463. The third-order valence-electron chi connectivity index (χ3n) is 3.47. The van der Waals surface area contributed by atoms with E-state index in [2.05, 4.69) is 10.6 Å². The minimum Gasteiger partial charge on any atom is -0.388 e. The summed E-state index contributed by atoms with van der Waals surface area (Å²) in [6.45, 7) is 0.909. The lowest BCUT2D eigenvalue weighted by atomic mass is 10.1. The molecule has 0 bridgehead atoms. The number of benzene rings is 1. The Labute approximate surface area is 150 Å². The van der Waals surface area contributed by atoms with Crippen LogP contribution in [0.3, 0.4) is 0 Å². The Morgan fingerprint density at radius 2 is 2.04 bits per heavy atom. The summed E-state index contributed by atoms with van der Waals surface area (Å²) in [6.07, 6.45) is 1.98. The van der Waals surface area contributed by atoms with Crippen LogP contribution in [0, 0.1) is 11.3 Å². The number of thioether (sulfide) groups is 1. The molecule has 0 radical (unpaired) electrons. The quantitative estimate of drug-likeness (QED) is 0.409. The monoisotopic (exact) mass is 358 g/mol. The highest BCUT2D eigenvalue weighted by Crippen LogP contribution is 2.17. The lowest BCUT2D eigenvalue weighted by Crippen LogP contribution is -2.34. The first-order valence-electron chi connectivity index (χ1n) is 7.74. The molecule has 130 valence electrons. The van der Waals surface area contributed by atoms with Crippen molar-refractivity contribution in [1.29, 1.82) is 5.26 Å². The van der Waals surface area contributed by atoms with Gasteiger partial charge in [-0.1, -0.05) is 42.1 Å². The molecule has 0 aromatic heterocycles. The van der Waals surface area contributed by atoms with Gasteiger partial charge in [-0.2, -0.15) is 5.26 Å². The summed E-state index contributed by atoms with van der Waals surface area (Å²) in [6, 6.07) is 11.5. The lowest BCUT2D eigenvalue weighted by Gasteiger charge is -2.12. The van der Waals surface area contributed by atoms with Crippen LogP contribution in [0.25, 0.3) is 0 Å². The number of nitriles is 1. The molecule has 1 aromatic rings. The standard InChI is InChI=1S/C17H18N4O3S/c18-10-14(11-19-8-9-21-15(22)12-25-17(21)24)16(23)20-7-6-13-4-2-1-3-5-13/h1-5,11,19H,6-9,12H2,(H,20,23)/b14-11-. The van der Waals surface area contributed by atoms with E-state index in [4.69, 9.17) is 5.26 Å². The summed E-state index contributed by atoms with van der Waals surface area (Å²) in [5.74, 6) is -0.517.